The normalized spacial score (nSPS) is 11.4. The summed E-state index contributed by atoms with van der Waals surface area (Å²) in [5, 5.41) is 0.383. The van der Waals surface area contributed by atoms with E-state index >= 15 is 0 Å². The van der Waals surface area contributed by atoms with E-state index in [4.69, 9.17) is 34.8 Å². The standard InChI is InChI=1S/C17H12Cl3N3O3S/c1-10-21-15(9-23(10)12-7-5-11(18)6-8-12)17(24)22-27(25,26)16-13(19)3-2-4-14(16)20/h2-9H,1H3,(H,22,24). The molecule has 1 heterocycles. The van der Waals surface area contributed by atoms with Crippen LogP contribution >= 0.6 is 34.8 Å². The maximum absolute atomic E-state index is 12.5. The zero-order chi connectivity index (χ0) is 19.8. The number of hydrogen-bond acceptors (Lipinski definition) is 4. The van der Waals surface area contributed by atoms with E-state index in [0.717, 1.165) is 5.69 Å². The van der Waals surface area contributed by atoms with Gasteiger partial charge in [0.1, 0.15) is 16.4 Å². The van der Waals surface area contributed by atoms with Crippen LogP contribution in [0.2, 0.25) is 15.1 Å². The summed E-state index contributed by atoms with van der Waals surface area (Å²) in [4.78, 5) is 16.2. The summed E-state index contributed by atoms with van der Waals surface area (Å²) >= 11 is 17.7. The molecule has 2 aromatic carbocycles. The van der Waals surface area contributed by atoms with Gasteiger partial charge >= 0.3 is 0 Å². The van der Waals surface area contributed by atoms with Crippen LogP contribution in [0.25, 0.3) is 5.69 Å². The van der Waals surface area contributed by atoms with Gasteiger partial charge in [-0.1, -0.05) is 40.9 Å². The van der Waals surface area contributed by atoms with Gasteiger partial charge in [-0.3, -0.25) is 4.79 Å². The van der Waals surface area contributed by atoms with Gasteiger partial charge in [0.2, 0.25) is 0 Å². The monoisotopic (exact) mass is 443 g/mol. The molecule has 0 radical (unpaired) electrons. The highest BCUT2D eigenvalue weighted by atomic mass is 35.5. The number of rotatable bonds is 4. The van der Waals surface area contributed by atoms with E-state index in [2.05, 4.69) is 4.98 Å². The molecule has 1 aromatic heterocycles. The van der Waals surface area contributed by atoms with E-state index in [1.807, 2.05) is 4.72 Å². The number of hydrogen-bond donors (Lipinski definition) is 1. The first kappa shape index (κ1) is 19.7. The van der Waals surface area contributed by atoms with E-state index in [1.165, 1.54) is 24.4 Å². The third-order valence-electron chi connectivity index (χ3n) is 3.63. The summed E-state index contributed by atoms with van der Waals surface area (Å²) in [6.45, 7) is 1.69. The van der Waals surface area contributed by atoms with Crippen LogP contribution in [0.5, 0.6) is 0 Å². The third-order valence-corrected chi connectivity index (χ3v) is 6.17. The second-order valence-electron chi connectivity index (χ2n) is 5.51. The largest absolute Gasteiger partial charge is 0.303 e. The lowest BCUT2D eigenvalue weighted by Crippen LogP contribution is -2.31. The van der Waals surface area contributed by atoms with Gasteiger partial charge in [0.15, 0.2) is 0 Å². The quantitative estimate of drug-likeness (QED) is 0.652. The molecule has 0 aliphatic rings. The van der Waals surface area contributed by atoms with E-state index < -0.39 is 15.9 Å². The second kappa shape index (κ2) is 7.52. The van der Waals surface area contributed by atoms with Crippen molar-refractivity contribution in [2.75, 3.05) is 0 Å². The average molecular weight is 445 g/mol. The number of halogens is 3. The fourth-order valence-corrected chi connectivity index (χ4v) is 4.64. The molecule has 1 amide bonds. The molecule has 0 aliphatic carbocycles. The number of amides is 1. The van der Waals surface area contributed by atoms with Crippen molar-refractivity contribution >= 4 is 50.7 Å². The third kappa shape index (κ3) is 4.11. The topological polar surface area (TPSA) is 81.1 Å². The Hall–Kier alpha value is -2.06. The van der Waals surface area contributed by atoms with Crippen LogP contribution < -0.4 is 4.72 Å². The molecule has 0 unspecified atom stereocenters. The highest BCUT2D eigenvalue weighted by Crippen LogP contribution is 2.28. The fraction of sp³-hybridized carbons (Fsp3) is 0.0588. The second-order valence-corrected chi connectivity index (χ2v) is 8.38. The van der Waals surface area contributed by atoms with Crippen LogP contribution in [-0.2, 0) is 10.0 Å². The molecule has 10 heteroatoms. The van der Waals surface area contributed by atoms with E-state index in [0.29, 0.717) is 10.8 Å². The highest BCUT2D eigenvalue weighted by molar-refractivity contribution is 7.90. The summed E-state index contributed by atoms with van der Waals surface area (Å²) in [7, 11) is -4.27. The number of imidazole rings is 1. The van der Waals surface area contributed by atoms with E-state index in [1.54, 1.807) is 35.8 Å². The number of nitrogens with zero attached hydrogens (tertiary/aromatic N) is 2. The Kier molecular flexibility index (Phi) is 5.48. The predicted octanol–water partition coefficient (Wildman–Crippen LogP) is 4.26. The zero-order valence-corrected chi connectivity index (χ0v) is 16.9. The molecule has 0 spiro atoms. The molecular formula is C17H12Cl3N3O3S. The van der Waals surface area contributed by atoms with Crippen molar-refractivity contribution in [3.8, 4) is 5.69 Å². The lowest BCUT2D eigenvalue weighted by Gasteiger charge is -2.09. The van der Waals surface area contributed by atoms with Crippen molar-refractivity contribution in [2.45, 2.75) is 11.8 Å². The van der Waals surface area contributed by atoms with Gasteiger partial charge in [-0.05, 0) is 43.3 Å². The van der Waals surface area contributed by atoms with Gasteiger partial charge < -0.3 is 4.57 Å². The van der Waals surface area contributed by atoms with Crippen LogP contribution in [-0.4, -0.2) is 23.9 Å². The summed E-state index contributed by atoms with van der Waals surface area (Å²) in [5.74, 6) is -0.405. The number of aromatic nitrogens is 2. The number of benzene rings is 2. The van der Waals surface area contributed by atoms with Crippen LogP contribution in [0.1, 0.15) is 16.3 Å². The Labute approximate surface area is 170 Å². The first-order valence-electron chi connectivity index (χ1n) is 7.52. The molecule has 3 rings (SSSR count). The molecule has 140 valence electrons. The smallest absolute Gasteiger partial charge is 0.285 e. The summed E-state index contributed by atoms with van der Waals surface area (Å²) in [5.41, 5.74) is 0.648. The first-order valence-corrected chi connectivity index (χ1v) is 10.1. The molecule has 6 nitrogen and oxygen atoms in total. The maximum atomic E-state index is 12.5. The molecule has 0 fully saturated rings. The molecular weight excluding hydrogens is 433 g/mol. The van der Waals surface area contributed by atoms with Crippen molar-refractivity contribution in [2.24, 2.45) is 0 Å². The van der Waals surface area contributed by atoms with Gasteiger partial charge in [0.25, 0.3) is 15.9 Å². The molecule has 0 aliphatic heterocycles. The summed E-state index contributed by atoms with van der Waals surface area (Å²) in [6, 6.07) is 11.1. The van der Waals surface area contributed by atoms with E-state index in [-0.39, 0.29) is 20.6 Å². The number of sulfonamides is 1. The Morgan fingerprint density at radius 2 is 1.63 bits per heavy atom. The molecule has 0 saturated heterocycles. The average Bonchev–Trinajstić information content (AvgIpc) is 2.97. The zero-order valence-electron chi connectivity index (χ0n) is 13.8. The Bertz CT molecular complexity index is 1110. The SMILES string of the molecule is Cc1nc(C(=O)NS(=O)(=O)c2c(Cl)cccc2Cl)cn1-c1ccc(Cl)cc1. The van der Waals surface area contributed by atoms with E-state index in [9.17, 15) is 13.2 Å². The van der Waals surface area contributed by atoms with Crippen LogP contribution in [0.3, 0.4) is 0 Å². The minimum Gasteiger partial charge on any atom is -0.303 e. The van der Waals surface area contributed by atoms with Gasteiger partial charge in [0, 0.05) is 16.9 Å². The van der Waals surface area contributed by atoms with Crippen LogP contribution in [0.4, 0.5) is 0 Å². The first-order chi connectivity index (χ1) is 12.7. The number of nitrogens with one attached hydrogen (secondary N) is 1. The highest BCUT2D eigenvalue weighted by Gasteiger charge is 2.25. The molecule has 0 bridgehead atoms. The van der Waals surface area contributed by atoms with Gasteiger partial charge in [-0.25, -0.2) is 18.1 Å². The minimum absolute atomic E-state index is 0.0748. The lowest BCUT2D eigenvalue weighted by atomic mass is 10.3. The van der Waals surface area contributed by atoms with Gasteiger partial charge in [0.05, 0.1) is 10.0 Å². The summed E-state index contributed by atoms with van der Waals surface area (Å²) < 4.78 is 28.6. The predicted molar refractivity (Wildman–Crippen MR) is 104 cm³/mol. The summed E-state index contributed by atoms with van der Waals surface area (Å²) in [6.07, 6.45) is 1.43. The Morgan fingerprint density at radius 3 is 2.22 bits per heavy atom. The van der Waals surface area contributed by atoms with Crippen molar-refractivity contribution in [1.29, 1.82) is 0 Å². The number of carbonyl (C=O) groups excluding carboxylic acids is 1. The van der Waals surface area contributed by atoms with Crippen LogP contribution in [0, 0.1) is 6.92 Å². The molecule has 0 atom stereocenters. The molecule has 3 aromatic rings. The Balaban J connectivity index is 1.91. The molecule has 0 saturated carbocycles. The minimum atomic E-state index is -4.27. The van der Waals surface area contributed by atoms with Crippen molar-refractivity contribution in [1.82, 2.24) is 14.3 Å². The van der Waals surface area contributed by atoms with Crippen molar-refractivity contribution in [3.63, 3.8) is 0 Å². The number of aryl methyl sites for hydroxylation is 1. The van der Waals surface area contributed by atoms with Gasteiger partial charge in [-0.2, -0.15) is 0 Å². The van der Waals surface area contributed by atoms with Crippen molar-refractivity contribution in [3.05, 3.63) is 75.2 Å². The fourth-order valence-electron chi connectivity index (χ4n) is 2.41. The molecule has 1 N–H and O–H groups in total. The lowest BCUT2D eigenvalue weighted by molar-refractivity contribution is 0.0977. The van der Waals surface area contributed by atoms with Crippen LogP contribution in [0.15, 0.2) is 53.6 Å². The van der Waals surface area contributed by atoms with Crippen molar-refractivity contribution < 1.29 is 13.2 Å². The molecule has 27 heavy (non-hydrogen) atoms. The maximum Gasteiger partial charge on any atom is 0.285 e. The Morgan fingerprint density at radius 1 is 1.04 bits per heavy atom. The van der Waals surface area contributed by atoms with Gasteiger partial charge in [-0.15, -0.1) is 0 Å². The number of carbonyl (C=O) groups is 1.